The van der Waals surface area contributed by atoms with Crippen LogP contribution >= 0.6 is 11.3 Å². The van der Waals surface area contributed by atoms with E-state index >= 15 is 0 Å². The average Bonchev–Trinajstić information content (AvgIpc) is 3.48. The molecule has 176 valence electrons. The maximum absolute atomic E-state index is 11.3. The molecule has 0 atom stereocenters. The summed E-state index contributed by atoms with van der Waals surface area (Å²) in [5, 5.41) is 15.2. The standard InChI is InChI=1S/C25H23N7O2S/c1-14(2)29-20-11-22(30-17-7-8-19-21(10-17)35-13-28-19)27-12-18(20)25-32-31-23(34-25)9-15-3-5-16(6-4-15)24(26)33/h3-8,10-14H,9H2,1-2H3,(H2,26,33)(H2,27,29,30). The summed E-state index contributed by atoms with van der Waals surface area (Å²) in [5.74, 6) is 1.07. The van der Waals surface area contributed by atoms with Crippen molar-refractivity contribution < 1.29 is 9.21 Å². The molecule has 0 bridgehead atoms. The monoisotopic (exact) mass is 485 g/mol. The number of nitrogens with one attached hydrogen (secondary N) is 2. The third-order valence-electron chi connectivity index (χ3n) is 5.24. The summed E-state index contributed by atoms with van der Waals surface area (Å²) < 4.78 is 7.06. The maximum Gasteiger partial charge on any atom is 0.251 e. The number of fused-ring (bicyclic) bond motifs is 1. The lowest BCUT2D eigenvalue weighted by Gasteiger charge is -2.15. The third kappa shape index (κ3) is 5.12. The van der Waals surface area contributed by atoms with Crippen LogP contribution in [0.4, 0.5) is 17.2 Å². The molecule has 0 unspecified atom stereocenters. The summed E-state index contributed by atoms with van der Waals surface area (Å²) in [6, 6.07) is 15.1. The van der Waals surface area contributed by atoms with Gasteiger partial charge in [0.15, 0.2) is 0 Å². The highest BCUT2D eigenvalue weighted by atomic mass is 32.1. The minimum atomic E-state index is -0.462. The van der Waals surface area contributed by atoms with E-state index in [1.165, 1.54) is 0 Å². The number of pyridine rings is 1. The van der Waals surface area contributed by atoms with Gasteiger partial charge in [-0.1, -0.05) is 12.1 Å². The molecule has 4 N–H and O–H groups in total. The van der Waals surface area contributed by atoms with E-state index in [0.29, 0.717) is 35.1 Å². The molecule has 0 aliphatic heterocycles. The molecule has 5 aromatic rings. The summed E-state index contributed by atoms with van der Waals surface area (Å²) in [5.41, 5.74) is 12.0. The largest absolute Gasteiger partial charge is 0.420 e. The van der Waals surface area contributed by atoms with Gasteiger partial charge in [-0.25, -0.2) is 9.97 Å². The van der Waals surface area contributed by atoms with Crippen LogP contribution in [0.25, 0.3) is 21.7 Å². The molecule has 0 radical (unpaired) electrons. The Hall–Kier alpha value is -4.31. The lowest BCUT2D eigenvalue weighted by atomic mass is 10.1. The number of carbonyl (C=O) groups is 1. The Balaban J connectivity index is 1.38. The third-order valence-corrected chi connectivity index (χ3v) is 6.03. The number of amides is 1. The smallest absolute Gasteiger partial charge is 0.251 e. The zero-order valence-corrected chi connectivity index (χ0v) is 20.0. The van der Waals surface area contributed by atoms with Gasteiger partial charge in [-0.2, -0.15) is 0 Å². The molecule has 0 spiro atoms. The van der Waals surface area contributed by atoms with Crippen molar-refractivity contribution in [2.24, 2.45) is 5.73 Å². The van der Waals surface area contributed by atoms with E-state index in [0.717, 1.165) is 27.2 Å². The highest BCUT2D eigenvalue weighted by molar-refractivity contribution is 7.16. The van der Waals surface area contributed by atoms with E-state index in [-0.39, 0.29) is 6.04 Å². The Bertz CT molecular complexity index is 1490. The van der Waals surface area contributed by atoms with Crippen molar-refractivity contribution in [2.75, 3.05) is 10.6 Å². The molecule has 0 aliphatic rings. The van der Waals surface area contributed by atoms with Gasteiger partial charge >= 0.3 is 0 Å². The second-order valence-electron chi connectivity index (χ2n) is 8.31. The topological polar surface area (TPSA) is 132 Å². The van der Waals surface area contributed by atoms with Gasteiger partial charge in [0, 0.05) is 29.6 Å². The molecule has 0 saturated carbocycles. The van der Waals surface area contributed by atoms with Crippen LogP contribution in [0.2, 0.25) is 0 Å². The lowest BCUT2D eigenvalue weighted by Crippen LogP contribution is -2.11. The van der Waals surface area contributed by atoms with Crippen LogP contribution in [0.1, 0.15) is 35.7 Å². The predicted molar refractivity (Wildman–Crippen MR) is 137 cm³/mol. The van der Waals surface area contributed by atoms with E-state index in [1.54, 1.807) is 29.7 Å². The van der Waals surface area contributed by atoms with Crippen molar-refractivity contribution in [3.05, 3.63) is 77.3 Å². The first-order valence-corrected chi connectivity index (χ1v) is 11.9. The first-order chi connectivity index (χ1) is 16.9. The number of carbonyl (C=O) groups excluding carboxylic acids is 1. The summed E-state index contributed by atoms with van der Waals surface area (Å²) >= 11 is 1.60. The molecule has 5 rings (SSSR count). The van der Waals surface area contributed by atoms with Crippen molar-refractivity contribution in [1.82, 2.24) is 20.2 Å². The Morgan fingerprint density at radius 2 is 1.91 bits per heavy atom. The summed E-state index contributed by atoms with van der Waals surface area (Å²) in [6.07, 6.45) is 2.16. The van der Waals surface area contributed by atoms with Gasteiger partial charge in [0.1, 0.15) is 5.82 Å². The fourth-order valence-corrected chi connectivity index (χ4v) is 4.32. The molecule has 3 aromatic heterocycles. The van der Waals surface area contributed by atoms with Gasteiger partial charge < -0.3 is 20.8 Å². The van der Waals surface area contributed by atoms with Gasteiger partial charge in [-0.15, -0.1) is 21.5 Å². The SMILES string of the molecule is CC(C)Nc1cc(Nc2ccc3ncsc3c2)ncc1-c1nnc(Cc2ccc(C(N)=O)cc2)o1. The number of anilines is 3. The maximum atomic E-state index is 11.3. The minimum absolute atomic E-state index is 0.184. The number of thiazole rings is 1. The first-order valence-electron chi connectivity index (χ1n) is 11.0. The Labute approximate surface area is 205 Å². The van der Waals surface area contributed by atoms with Crippen molar-refractivity contribution in [2.45, 2.75) is 26.3 Å². The van der Waals surface area contributed by atoms with Crippen molar-refractivity contribution in [1.29, 1.82) is 0 Å². The lowest BCUT2D eigenvalue weighted by molar-refractivity contribution is 0.100. The predicted octanol–water partition coefficient (Wildman–Crippen LogP) is 4.99. The zero-order chi connectivity index (χ0) is 24.4. The van der Waals surface area contributed by atoms with Crippen LogP contribution in [0.3, 0.4) is 0 Å². The van der Waals surface area contributed by atoms with Crippen LogP contribution in [-0.2, 0) is 6.42 Å². The highest BCUT2D eigenvalue weighted by Crippen LogP contribution is 2.31. The molecule has 9 nitrogen and oxygen atoms in total. The quantitative estimate of drug-likeness (QED) is 0.280. The number of nitrogens with two attached hydrogens (primary N) is 1. The Morgan fingerprint density at radius 1 is 1.09 bits per heavy atom. The highest BCUT2D eigenvalue weighted by Gasteiger charge is 2.16. The molecular weight excluding hydrogens is 462 g/mol. The molecule has 0 aliphatic carbocycles. The summed E-state index contributed by atoms with van der Waals surface area (Å²) in [4.78, 5) is 20.2. The van der Waals surface area contributed by atoms with Gasteiger partial charge in [-0.05, 0) is 49.7 Å². The second-order valence-corrected chi connectivity index (χ2v) is 9.20. The van der Waals surface area contributed by atoms with Crippen molar-refractivity contribution in [3.8, 4) is 11.5 Å². The number of primary amides is 1. The molecule has 0 saturated heterocycles. The number of hydrogen-bond donors (Lipinski definition) is 3. The summed E-state index contributed by atoms with van der Waals surface area (Å²) in [6.45, 7) is 4.12. The van der Waals surface area contributed by atoms with Gasteiger partial charge in [0.05, 0.1) is 33.4 Å². The van der Waals surface area contributed by atoms with Crippen LogP contribution in [0, 0.1) is 0 Å². The number of benzene rings is 2. The van der Waals surface area contributed by atoms with Gasteiger partial charge in [-0.3, -0.25) is 4.79 Å². The number of rotatable bonds is 8. The summed E-state index contributed by atoms with van der Waals surface area (Å²) in [7, 11) is 0. The van der Waals surface area contributed by atoms with E-state index in [4.69, 9.17) is 10.2 Å². The second kappa shape index (κ2) is 9.51. The molecular formula is C25H23N7O2S. The van der Waals surface area contributed by atoms with Crippen LogP contribution in [0.15, 0.2) is 64.7 Å². The fraction of sp³-hybridized carbons (Fsp3) is 0.160. The molecule has 2 aromatic carbocycles. The van der Waals surface area contributed by atoms with Crippen molar-refractivity contribution in [3.63, 3.8) is 0 Å². The average molecular weight is 486 g/mol. The van der Waals surface area contributed by atoms with E-state index < -0.39 is 5.91 Å². The van der Waals surface area contributed by atoms with Crippen LogP contribution in [0.5, 0.6) is 0 Å². The number of aromatic nitrogens is 4. The molecule has 1 amide bonds. The molecule has 10 heteroatoms. The minimum Gasteiger partial charge on any atom is -0.420 e. The molecule has 0 fully saturated rings. The number of nitrogens with zero attached hydrogens (tertiary/aromatic N) is 4. The zero-order valence-electron chi connectivity index (χ0n) is 19.1. The van der Waals surface area contributed by atoms with Crippen LogP contribution in [-0.4, -0.2) is 32.1 Å². The molecule has 3 heterocycles. The number of hydrogen-bond acceptors (Lipinski definition) is 9. The molecule has 35 heavy (non-hydrogen) atoms. The Morgan fingerprint density at radius 3 is 2.69 bits per heavy atom. The van der Waals surface area contributed by atoms with Crippen LogP contribution < -0.4 is 16.4 Å². The van der Waals surface area contributed by atoms with Crippen molar-refractivity contribution >= 4 is 44.7 Å². The van der Waals surface area contributed by atoms with E-state index in [2.05, 4.69) is 50.7 Å². The normalized spacial score (nSPS) is 11.2. The first kappa shape index (κ1) is 22.5. The van der Waals surface area contributed by atoms with Gasteiger partial charge in [0.25, 0.3) is 5.89 Å². The van der Waals surface area contributed by atoms with E-state index in [9.17, 15) is 4.79 Å². The van der Waals surface area contributed by atoms with Gasteiger partial charge in [0.2, 0.25) is 11.8 Å². The Kier molecular flexibility index (Phi) is 6.11. The fourth-order valence-electron chi connectivity index (χ4n) is 3.60. The van der Waals surface area contributed by atoms with E-state index in [1.807, 2.05) is 35.8 Å².